The molecule has 1 rings (SSSR count). The minimum Gasteiger partial charge on any atom is -0.480 e. The van der Waals surface area contributed by atoms with Gasteiger partial charge in [-0.25, -0.2) is 4.85 Å². The second-order valence-electron chi connectivity index (χ2n) is 3.61. The van der Waals surface area contributed by atoms with Crippen LogP contribution in [0.4, 0.5) is 24.5 Å². The standard InChI is InChI=1S/C11H8ClF3N2O2/c1-16-9-3-2-7(4-8(9)12)17(5-10(18)19)6-11(13,14)15/h2-4H,5-6H2,(H,18,19). The maximum atomic E-state index is 12.4. The number of hydrogen-bond acceptors (Lipinski definition) is 2. The van der Waals surface area contributed by atoms with Gasteiger partial charge in [0.15, 0.2) is 0 Å². The van der Waals surface area contributed by atoms with Crippen LogP contribution in [0, 0.1) is 6.57 Å². The molecule has 0 unspecified atom stereocenters. The number of alkyl halides is 3. The third kappa shape index (κ3) is 4.67. The largest absolute Gasteiger partial charge is 0.480 e. The Morgan fingerprint density at radius 1 is 1.47 bits per heavy atom. The minimum atomic E-state index is -4.54. The van der Waals surface area contributed by atoms with E-state index in [0.29, 0.717) is 4.90 Å². The van der Waals surface area contributed by atoms with Crippen molar-refractivity contribution in [3.8, 4) is 0 Å². The molecule has 102 valence electrons. The molecule has 0 atom stereocenters. The Kier molecular flexibility index (Phi) is 4.62. The number of rotatable bonds is 4. The number of benzene rings is 1. The van der Waals surface area contributed by atoms with Crippen LogP contribution in [-0.2, 0) is 4.79 Å². The Bertz CT molecular complexity index is 526. The van der Waals surface area contributed by atoms with Crippen molar-refractivity contribution in [2.24, 2.45) is 0 Å². The van der Waals surface area contributed by atoms with E-state index in [1.807, 2.05) is 0 Å². The molecule has 0 radical (unpaired) electrons. The first kappa shape index (κ1) is 15.1. The van der Waals surface area contributed by atoms with Gasteiger partial charge in [-0.3, -0.25) is 4.79 Å². The van der Waals surface area contributed by atoms with Crippen molar-refractivity contribution in [3.05, 3.63) is 34.6 Å². The monoisotopic (exact) mass is 292 g/mol. The van der Waals surface area contributed by atoms with Crippen molar-refractivity contribution in [1.82, 2.24) is 0 Å². The molecule has 1 N–H and O–H groups in total. The number of carbonyl (C=O) groups is 1. The van der Waals surface area contributed by atoms with Gasteiger partial charge in [-0.15, -0.1) is 0 Å². The van der Waals surface area contributed by atoms with Gasteiger partial charge < -0.3 is 10.0 Å². The highest BCUT2D eigenvalue weighted by atomic mass is 35.5. The van der Waals surface area contributed by atoms with E-state index in [0.717, 1.165) is 6.07 Å². The normalized spacial score (nSPS) is 10.9. The van der Waals surface area contributed by atoms with E-state index in [1.54, 1.807) is 0 Å². The number of carboxylic acid groups (broad SMARTS) is 1. The van der Waals surface area contributed by atoms with Crippen molar-refractivity contribution in [2.45, 2.75) is 6.18 Å². The molecule has 0 amide bonds. The molecule has 4 nitrogen and oxygen atoms in total. The van der Waals surface area contributed by atoms with Gasteiger partial charge in [0.25, 0.3) is 0 Å². The number of hydrogen-bond donors (Lipinski definition) is 1. The molecule has 1 aromatic rings. The second kappa shape index (κ2) is 5.80. The number of nitrogens with zero attached hydrogens (tertiary/aromatic N) is 2. The molecule has 0 bridgehead atoms. The second-order valence-corrected chi connectivity index (χ2v) is 4.02. The molecule has 0 saturated carbocycles. The van der Waals surface area contributed by atoms with Crippen LogP contribution >= 0.6 is 11.6 Å². The lowest BCUT2D eigenvalue weighted by Crippen LogP contribution is -2.37. The lowest BCUT2D eigenvalue weighted by atomic mass is 10.2. The molecule has 0 fully saturated rings. The highest BCUT2D eigenvalue weighted by Crippen LogP contribution is 2.31. The van der Waals surface area contributed by atoms with Gasteiger partial charge in [0.05, 0.1) is 6.57 Å². The fourth-order valence-corrected chi connectivity index (χ4v) is 1.62. The number of aliphatic carboxylic acids is 1. The van der Waals surface area contributed by atoms with Crippen molar-refractivity contribution in [2.75, 3.05) is 18.0 Å². The zero-order valence-electron chi connectivity index (χ0n) is 9.41. The third-order valence-corrected chi connectivity index (χ3v) is 2.42. The Morgan fingerprint density at radius 3 is 2.53 bits per heavy atom. The summed E-state index contributed by atoms with van der Waals surface area (Å²) in [6.07, 6.45) is -4.54. The summed E-state index contributed by atoms with van der Waals surface area (Å²) in [4.78, 5) is 14.3. The molecule has 19 heavy (non-hydrogen) atoms. The maximum Gasteiger partial charge on any atom is 0.405 e. The molecule has 0 heterocycles. The minimum absolute atomic E-state index is 0.00266. The maximum absolute atomic E-state index is 12.4. The van der Waals surface area contributed by atoms with E-state index >= 15 is 0 Å². The Hall–Kier alpha value is -1.94. The molecule has 1 aromatic carbocycles. The van der Waals surface area contributed by atoms with E-state index in [1.165, 1.54) is 12.1 Å². The molecule has 0 aliphatic heterocycles. The van der Waals surface area contributed by atoms with Crippen LogP contribution in [0.5, 0.6) is 0 Å². The van der Waals surface area contributed by atoms with Gasteiger partial charge in [-0.05, 0) is 12.1 Å². The summed E-state index contributed by atoms with van der Waals surface area (Å²) >= 11 is 5.71. The van der Waals surface area contributed by atoms with E-state index in [4.69, 9.17) is 23.3 Å². The quantitative estimate of drug-likeness (QED) is 0.866. The predicted octanol–water partition coefficient (Wildman–Crippen LogP) is 3.34. The first-order chi connectivity index (χ1) is 8.73. The molecule has 0 aromatic heterocycles. The highest BCUT2D eigenvalue weighted by molar-refractivity contribution is 6.33. The SMILES string of the molecule is [C-]#[N+]c1ccc(N(CC(=O)O)CC(F)(F)F)cc1Cl. The van der Waals surface area contributed by atoms with Gasteiger partial charge in [-0.1, -0.05) is 17.7 Å². The summed E-state index contributed by atoms with van der Waals surface area (Å²) in [5.74, 6) is -1.39. The Balaban J connectivity index is 3.07. The van der Waals surface area contributed by atoms with Crippen molar-refractivity contribution in [3.63, 3.8) is 0 Å². The fraction of sp³-hybridized carbons (Fsp3) is 0.273. The van der Waals surface area contributed by atoms with E-state index < -0.39 is 25.2 Å². The molecule has 0 aliphatic rings. The summed E-state index contributed by atoms with van der Waals surface area (Å²) in [6.45, 7) is 4.55. The molecular formula is C11H8ClF3N2O2. The fourth-order valence-electron chi connectivity index (χ4n) is 1.40. The summed E-state index contributed by atoms with van der Waals surface area (Å²) in [5, 5.41) is 8.60. The molecule has 0 spiro atoms. The summed E-state index contributed by atoms with van der Waals surface area (Å²) in [7, 11) is 0. The zero-order valence-corrected chi connectivity index (χ0v) is 10.2. The molecule has 0 aliphatic carbocycles. The van der Waals surface area contributed by atoms with E-state index in [2.05, 4.69) is 4.85 Å². The van der Waals surface area contributed by atoms with Gasteiger partial charge in [-0.2, -0.15) is 13.2 Å². The van der Waals surface area contributed by atoms with Crippen LogP contribution in [-0.4, -0.2) is 30.3 Å². The summed E-state index contributed by atoms with van der Waals surface area (Å²) in [6, 6.07) is 3.62. The van der Waals surface area contributed by atoms with Gasteiger partial charge in [0.1, 0.15) is 13.1 Å². The third-order valence-electron chi connectivity index (χ3n) is 2.11. The molecular weight excluding hydrogens is 285 g/mol. The average Bonchev–Trinajstić information content (AvgIpc) is 2.25. The number of halogens is 4. The number of carboxylic acids is 1. The van der Waals surface area contributed by atoms with Crippen LogP contribution in [0.15, 0.2) is 18.2 Å². The lowest BCUT2D eigenvalue weighted by Gasteiger charge is -2.24. The van der Waals surface area contributed by atoms with Crippen LogP contribution in [0.1, 0.15) is 0 Å². The van der Waals surface area contributed by atoms with Crippen LogP contribution < -0.4 is 4.90 Å². The predicted molar refractivity (Wildman–Crippen MR) is 63.6 cm³/mol. The Labute approximate surface area is 111 Å². The van der Waals surface area contributed by atoms with Crippen molar-refractivity contribution < 1.29 is 23.1 Å². The Morgan fingerprint density at radius 2 is 2.11 bits per heavy atom. The first-order valence-corrected chi connectivity index (χ1v) is 5.31. The van der Waals surface area contributed by atoms with Gasteiger partial charge in [0.2, 0.25) is 5.69 Å². The molecule has 0 saturated heterocycles. The first-order valence-electron chi connectivity index (χ1n) is 4.93. The van der Waals surface area contributed by atoms with Crippen molar-refractivity contribution in [1.29, 1.82) is 0 Å². The molecule has 8 heteroatoms. The highest BCUT2D eigenvalue weighted by Gasteiger charge is 2.31. The van der Waals surface area contributed by atoms with Crippen LogP contribution in [0.2, 0.25) is 5.02 Å². The van der Waals surface area contributed by atoms with E-state index in [9.17, 15) is 18.0 Å². The zero-order chi connectivity index (χ0) is 14.6. The summed E-state index contributed by atoms with van der Waals surface area (Å²) in [5.41, 5.74) is 0.0878. The van der Waals surface area contributed by atoms with Gasteiger partial charge >= 0.3 is 12.1 Å². The van der Waals surface area contributed by atoms with Crippen molar-refractivity contribution >= 4 is 28.9 Å². The summed E-state index contributed by atoms with van der Waals surface area (Å²) < 4.78 is 37.1. The van der Waals surface area contributed by atoms with E-state index in [-0.39, 0.29) is 16.4 Å². The van der Waals surface area contributed by atoms with Crippen LogP contribution in [0.3, 0.4) is 0 Å². The lowest BCUT2D eigenvalue weighted by molar-refractivity contribution is -0.136. The topological polar surface area (TPSA) is 44.9 Å². The van der Waals surface area contributed by atoms with Gasteiger partial charge in [0, 0.05) is 10.7 Å². The number of anilines is 1. The average molecular weight is 293 g/mol. The smallest absolute Gasteiger partial charge is 0.405 e. The van der Waals surface area contributed by atoms with Crippen LogP contribution in [0.25, 0.3) is 4.85 Å².